The van der Waals surface area contributed by atoms with Gasteiger partial charge in [-0.3, -0.25) is 0 Å². The molecule has 19 heavy (non-hydrogen) atoms. The number of aromatic nitrogens is 2. The summed E-state index contributed by atoms with van der Waals surface area (Å²) in [6, 6.07) is 0.432. The molecule has 1 aromatic rings. The molecule has 0 bridgehead atoms. The second kappa shape index (κ2) is 6.34. The number of nitrogens with zero attached hydrogens (tertiary/aromatic N) is 2. The average molecular weight is 269 g/mol. The first-order valence-corrected chi connectivity index (χ1v) is 6.82. The lowest BCUT2D eigenvalue weighted by Crippen LogP contribution is -2.35. The van der Waals surface area contributed by atoms with Crippen LogP contribution in [-0.4, -0.2) is 37.5 Å². The van der Waals surface area contributed by atoms with Crippen molar-refractivity contribution in [2.24, 2.45) is 5.92 Å². The van der Waals surface area contributed by atoms with Crippen LogP contribution in [0.4, 0.5) is 6.01 Å². The van der Waals surface area contributed by atoms with Crippen molar-refractivity contribution >= 4 is 6.01 Å². The molecule has 6 heteroatoms. The third kappa shape index (κ3) is 3.25. The van der Waals surface area contributed by atoms with Crippen molar-refractivity contribution in [1.29, 1.82) is 0 Å². The smallest absolute Gasteiger partial charge is 0.321 e. The van der Waals surface area contributed by atoms with E-state index in [0.717, 1.165) is 19.3 Å². The molecule has 0 radical (unpaired) electrons. The van der Waals surface area contributed by atoms with Crippen LogP contribution in [-0.2, 0) is 15.1 Å². The van der Waals surface area contributed by atoms with Gasteiger partial charge >= 0.3 is 6.01 Å². The van der Waals surface area contributed by atoms with Gasteiger partial charge in [0.15, 0.2) is 0 Å². The molecular weight excluding hydrogens is 246 g/mol. The van der Waals surface area contributed by atoms with E-state index in [4.69, 9.17) is 14.0 Å². The summed E-state index contributed by atoms with van der Waals surface area (Å²) >= 11 is 0. The number of hydrogen-bond acceptors (Lipinski definition) is 6. The highest BCUT2D eigenvalue weighted by atomic mass is 16.5. The van der Waals surface area contributed by atoms with Gasteiger partial charge in [-0.05, 0) is 25.2 Å². The summed E-state index contributed by atoms with van der Waals surface area (Å²) in [4.78, 5) is 4.41. The van der Waals surface area contributed by atoms with Crippen LogP contribution in [0.3, 0.4) is 0 Å². The molecule has 2 atom stereocenters. The Morgan fingerprint density at radius 2 is 2.32 bits per heavy atom. The largest absolute Gasteiger partial charge is 0.383 e. The zero-order valence-electron chi connectivity index (χ0n) is 11.9. The Balaban J connectivity index is 2.06. The van der Waals surface area contributed by atoms with Gasteiger partial charge in [-0.1, -0.05) is 18.5 Å². The summed E-state index contributed by atoms with van der Waals surface area (Å²) < 4.78 is 15.9. The van der Waals surface area contributed by atoms with E-state index in [1.165, 1.54) is 6.42 Å². The van der Waals surface area contributed by atoms with E-state index < -0.39 is 0 Å². The maximum absolute atomic E-state index is 5.74. The van der Waals surface area contributed by atoms with E-state index in [1.807, 2.05) is 0 Å². The molecule has 2 unspecified atom stereocenters. The molecule has 0 aromatic carbocycles. The molecule has 6 nitrogen and oxygen atoms in total. The average Bonchev–Trinajstić information content (AvgIpc) is 2.88. The van der Waals surface area contributed by atoms with Crippen molar-refractivity contribution in [2.45, 2.75) is 38.2 Å². The highest BCUT2D eigenvalue weighted by molar-refractivity contribution is 5.20. The van der Waals surface area contributed by atoms with Gasteiger partial charge < -0.3 is 19.3 Å². The molecule has 108 valence electrons. The molecule has 1 aliphatic carbocycles. The third-order valence-corrected chi connectivity index (χ3v) is 3.76. The summed E-state index contributed by atoms with van der Waals surface area (Å²) in [6.07, 6.45) is 4.27. The van der Waals surface area contributed by atoms with E-state index in [-0.39, 0.29) is 5.60 Å². The van der Waals surface area contributed by atoms with Gasteiger partial charge in [0, 0.05) is 20.8 Å². The van der Waals surface area contributed by atoms with E-state index in [9.17, 15) is 0 Å². The number of nitrogens with one attached hydrogen (secondary N) is 1. The maximum atomic E-state index is 5.74. The van der Waals surface area contributed by atoms with Gasteiger partial charge in [-0.2, -0.15) is 4.98 Å². The second-order valence-electron chi connectivity index (χ2n) is 5.24. The normalized spacial score (nSPS) is 27.4. The topological polar surface area (TPSA) is 69.4 Å². The summed E-state index contributed by atoms with van der Waals surface area (Å²) in [6.45, 7) is 3.49. The van der Waals surface area contributed by atoms with Crippen LogP contribution in [0.1, 0.15) is 38.4 Å². The first-order chi connectivity index (χ1) is 9.20. The Labute approximate surface area is 113 Å². The molecule has 1 aromatic heterocycles. The number of anilines is 1. The Morgan fingerprint density at radius 3 is 3.00 bits per heavy atom. The SMILES string of the molecule is COCCNc1nc(C2(OC)CCCC(C)C2)no1. The third-order valence-electron chi connectivity index (χ3n) is 3.76. The lowest BCUT2D eigenvalue weighted by molar-refractivity contribution is -0.0658. The summed E-state index contributed by atoms with van der Waals surface area (Å²) in [5, 5.41) is 7.12. The van der Waals surface area contributed by atoms with Crippen molar-refractivity contribution in [3.05, 3.63) is 5.82 Å². The molecule has 0 spiro atoms. The first kappa shape index (κ1) is 14.3. The van der Waals surface area contributed by atoms with Crippen LogP contribution >= 0.6 is 0 Å². The van der Waals surface area contributed by atoms with Gasteiger partial charge in [-0.15, -0.1) is 0 Å². The van der Waals surface area contributed by atoms with Crippen molar-refractivity contribution in [2.75, 3.05) is 32.7 Å². The zero-order valence-corrected chi connectivity index (χ0v) is 11.9. The highest BCUT2D eigenvalue weighted by Gasteiger charge is 2.40. The van der Waals surface area contributed by atoms with Crippen LogP contribution in [0, 0.1) is 5.92 Å². The molecule has 0 amide bonds. The highest BCUT2D eigenvalue weighted by Crippen LogP contribution is 2.41. The summed E-state index contributed by atoms with van der Waals surface area (Å²) in [5.41, 5.74) is -0.387. The molecule has 1 fully saturated rings. The Kier molecular flexibility index (Phi) is 4.76. The van der Waals surface area contributed by atoms with Crippen LogP contribution in [0.25, 0.3) is 0 Å². The zero-order chi connectivity index (χ0) is 13.7. The van der Waals surface area contributed by atoms with Gasteiger partial charge in [-0.25, -0.2) is 0 Å². The van der Waals surface area contributed by atoms with Crippen LogP contribution in [0.5, 0.6) is 0 Å². The Bertz CT molecular complexity index is 396. The van der Waals surface area contributed by atoms with Gasteiger partial charge in [0.1, 0.15) is 5.60 Å². The number of ether oxygens (including phenoxy) is 2. The Hall–Kier alpha value is -1.14. The Morgan fingerprint density at radius 1 is 1.47 bits per heavy atom. The van der Waals surface area contributed by atoms with Crippen molar-refractivity contribution in [3.63, 3.8) is 0 Å². The van der Waals surface area contributed by atoms with Crippen molar-refractivity contribution in [1.82, 2.24) is 10.1 Å². The molecule has 2 rings (SSSR count). The standard InChI is InChI=1S/C13H23N3O3/c1-10-5-4-6-13(9-10,18-3)11-15-12(19-16-11)14-7-8-17-2/h10H,4-9H2,1-3H3,(H,14,15,16). The van der Waals surface area contributed by atoms with Gasteiger partial charge in [0.05, 0.1) is 6.61 Å². The first-order valence-electron chi connectivity index (χ1n) is 6.82. The lowest BCUT2D eigenvalue weighted by Gasteiger charge is -2.36. The number of rotatable bonds is 6. The minimum atomic E-state index is -0.387. The minimum absolute atomic E-state index is 0.387. The van der Waals surface area contributed by atoms with Gasteiger partial charge in [0.2, 0.25) is 5.82 Å². The van der Waals surface area contributed by atoms with Crippen molar-refractivity contribution < 1.29 is 14.0 Å². The minimum Gasteiger partial charge on any atom is -0.383 e. The molecule has 0 saturated heterocycles. The predicted octanol–water partition coefficient (Wildman–Crippen LogP) is 2.18. The molecule has 1 heterocycles. The van der Waals surface area contributed by atoms with E-state index in [0.29, 0.717) is 30.9 Å². The van der Waals surface area contributed by atoms with E-state index in [1.54, 1.807) is 14.2 Å². The summed E-state index contributed by atoms with van der Waals surface area (Å²) in [5.74, 6) is 1.28. The summed E-state index contributed by atoms with van der Waals surface area (Å²) in [7, 11) is 3.39. The van der Waals surface area contributed by atoms with Gasteiger partial charge in [0.25, 0.3) is 0 Å². The maximum Gasteiger partial charge on any atom is 0.321 e. The fraction of sp³-hybridized carbons (Fsp3) is 0.846. The fourth-order valence-corrected chi connectivity index (χ4v) is 2.72. The second-order valence-corrected chi connectivity index (χ2v) is 5.24. The van der Waals surface area contributed by atoms with Crippen LogP contribution < -0.4 is 5.32 Å². The molecular formula is C13H23N3O3. The van der Waals surface area contributed by atoms with Crippen molar-refractivity contribution in [3.8, 4) is 0 Å². The molecule has 1 N–H and O–H groups in total. The monoisotopic (exact) mass is 269 g/mol. The molecule has 1 aliphatic rings. The number of hydrogen-bond donors (Lipinski definition) is 1. The van der Waals surface area contributed by atoms with Crippen LogP contribution in [0.2, 0.25) is 0 Å². The van der Waals surface area contributed by atoms with Crippen LogP contribution in [0.15, 0.2) is 4.52 Å². The quantitative estimate of drug-likeness (QED) is 0.798. The fourth-order valence-electron chi connectivity index (χ4n) is 2.72. The van der Waals surface area contributed by atoms with E-state index >= 15 is 0 Å². The lowest BCUT2D eigenvalue weighted by atomic mass is 9.78. The number of methoxy groups -OCH3 is 2. The molecule has 1 saturated carbocycles. The van der Waals surface area contributed by atoms with E-state index in [2.05, 4.69) is 22.4 Å². The predicted molar refractivity (Wildman–Crippen MR) is 71.0 cm³/mol. The molecule has 0 aliphatic heterocycles.